The zero-order valence-corrected chi connectivity index (χ0v) is 18.9. The van der Waals surface area contributed by atoms with Gasteiger partial charge < -0.3 is 19.9 Å². The fourth-order valence-electron chi connectivity index (χ4n) is 3.46. The van der Waals surface area contributed by atoms with E-state index in [1.54, 1.807) is 23.1 Å². The minimum absolute atomic E-state index is 0.0645. The lowest BCUT2D eigenvalue weighted by Crippen LogP contribution is -2.45. The third kappa shape index (κ3) is 5.26. The molecular weight excluding hydrogens is 418 g/mol. The predicted octanol–water partition coefficient (Wildman–Crippen LogP) is 1.78. The van der Waals surface area contributed by atoms with Crippen LogP contribution in [0.25, 0.3) is 0 Å². The SMILES string of the molecule is CCN(CC)C(=O)c1cc(NS(=O)(=O)c2cccc(OC)c2)cnc1N1CCNCC1. The molecule has 2 N–H and O–H groups in total. The molecule has 1 aliphatic heterocycles. The summed E-state index contributed by atoms with van der Waals surface area (Å²) >= 11 is 0. The fourth-order valence-corrected chi connectivity index (χ4v) is 4.53. The Balaban J connectivity index is 1.97. The molecule has 168 valence electrons. The highest BCUT2D eigenvalue weighted by Crippen LogP contribution is 2.26. The van der Waals surface area contributed by atoms with Crippen LogP contribution in [0.15, 0.2) is 41.4 Å². The summed E-state index contributed by atoms with van der Waals surface area (Å²) in [4.78, 5) is 21.5. The van der Waals surface area contributed by atoms with Crippen molar-refractivity contribution < 1.29 is 17.9 Å². The lowest BCUT2D eigenvalue weighted by molar-refractivity contribution is 0.0773. The molecule has 1 fully saturated rings. The van der Waals surface area contributed by atoms with Crippen molar-refractivity contribution in [2.45, 2.75) is 18.7 Å². The standard InChI is InChI=1S/C21H29N5O4S/c1-4-25(5-2)21(27)19-13-16(15-23-20(19)26-11-9-22-10-12-26)24-31(28,29)18-8-6-7-17(14-18)30-3/h6-8,13-15,22,24H,4-5,9-12H2,1-3H3. The largest absolute Gasteiger partial charge is 0.497 e. The van der Waals surface area contributed by atoms with Crippen molar-refractivity contribution in [3.05, 3.63) is 42.1 Å². The highest BCUT2D eigenvalue weighted by Gasteiger charge is 2.24. The maximum atomic E-state index is 13.2. The highest BCUT2D eigenvalue weighted by molar-refractivity contribution is 7.92. The van der Waals surface area contributed by atoms with Gasteiger partial charge in [0.25, 0.3) is 15.9 Å². The van der Waals surface area contributed by atoms with Gasteiger partial charge in [0.15, 0.2) is 0 Å². The van der Waals surface area contributed by atoms with E-state index in [9.17, 15) is 13.2 Å². The van der Waals surface area contributed by atoms with E-state index in [2.05, 4.69) is 15.0 Å². The molecule has 1 saturated heterocycles. The topological polar surface area (TPSA) is 104 Å². The smallest absolute Gasteiger partial charge is 0.262 e. The Labute approximate surface area is 183 Å². The molecule has 9 nitrogen and oxygen atoms in total. The molecule has 2 aromatic rings. The van der Waals surface area contributed by atoms with Crippen molar-refractivity contribution in [2.75, 3.05) is 56.0 Å². The molecule has 3 rings (SSSR count). The van der Waals surface area contributed by atoms with Crippen molar-refractivity contribution >= 4 is 27.4 Å². The first kappa shape index (κ1) is 22.8. The molecule has 1 aliphatic rings. The summed E-state index contributed by atoms with van der Waals surface area (Å²) in [6.07, 6.45) is 1.45. The molecular formula is C21H29N5O4S. The minimum Gasteiger partial charge on any atom is -0.497 e. The maximum absolute atomic E-state index is 13.2. The summed E-state index contributed by atoms with van der Waals surface area (Å²) in [6, 6.07) is 7.77. The Morgan fingerprint density at radius 3 is 2.58 bits per heavy atom. The number of anilines is 2. The molecule has 1 aromatic heterocycles. The molecule has 0 atom stereocenters. The Kier molecular flexibility index (Phi) is 7.34. The minimum atomic E-state index is -3.88. The van der Waals surface area contributed by atoms with E-state index in [4.69, 9.17) is 4.74 Å². The zero-order valence-electron chi connectivity index (χ0n) is 18.1. The number of hydrogen-bond donors (Lipinski definition) is 2. The van der Waals surface area contributed by atoms with E-state index in [0.29, 0.717) is 30.2 Å². The van der Waals surface area contributed by atoms with Crippen LogP contribution in [0.1, 0.15) is 24.2 Å². The Hall–Kier alpha value is -2.85. The van der Waals surface area contributed by atoms with Crippen molar-refractivity contribution in [3.8, 4) is 5.75 Å². The van der Waals surface area contributed by atoms with Crippen LogP contribution < -0.4 is 19.7 Å². The summed E-state index contributed by atoms with van der Waals surface area (Å²) in [5, 5.41) is 3.28. The predicted molar refractivity (Wildman–Crippen MR) is 120 cm³/mol. The van der Waals surface area contributed by atoms with E-state index in [1.807, 2.05) is 18.7 Å². The normalized spacial score (nSPS) is 14.2. The van der Waals surface area contributed by atoms with Gasteiger partial charge in [0.1, 0.15) is 11.6 Å². The monoisotopic (exact) mass is 447 g/mol. The van der Waals surface area contributed by atoms with Gasteiger partial charge in [-0.3, -0.25) is 9.52 Å². The number of aromatic nitrogens is 1. The fraction of sp³-hybridized carbons (Fsp3) is 0.429. The summed E-state index contributed by atoms with van der Waals surface area (Å²) in [6.45, 7) is 7.96. The Bertz CT molecular complexity index is 1020. The molecule has 0 radical (unpaired) electrons. The quantitative estimate of drug-likeness (QED) is 0.636. The van der Waals surface area contributed by atoms with Crippen LogP contribution in [-0.4, -0.2) is 70.6 Å². The van der Waals surface area contributed by atoms with Crippen molar-refractivity contribution in [1.29, 1.82) is 0 Å². The van der Waals surface area contributed by atoms with Gasteiger partial charge in [0, 0.05) is 45.3 Å². The lowest BCUT2D eigenvalue weighted by atomic mass is 10.1. The van der Waals surface area contributed by atoms with Crippen LogP contribution in [0.3, 0.4) is 0 Å². The number of amides is 1. The van der Waals surface area contributed by atoms with Gasteiger partial charge in [-0.15, -0.1) is 0 Å². The number of nitrogens with zero attached hydrogens (tertiary/aromatic N) is 3. The first-order chi connectivity index (χ1) is 14.9. The number of piperazine rings is 1. The third-order valence-corrected chi connectivity index (χ3v) is 6.55. The molecule has 1 amide bonds. The number of rotatable bonds is 8. The van der Waals surface area contributed by atoms with Crippen LogP contribution >= 0.6 is 0 Å². The number of ether oxygens (including phenoxy) is 1. The van der Waals surface area contributed by atoms with Crippen LogP contribution in [-0.2, 0) is 10.0 Å². The van der Waals surface area contributed by atoms with Crippen molar-refractivity contribution in [3.63, 3.8) is 0 Å². The van der Waals surface area contributed by atoms with E-state index >= 15 is 0 Å². The summed E-state index contributed by atoms with van der Waals surface area (Å²) < 4.78 is 33.4. The molecule has 0 saturated carbocycles. The second-order valence-corrected chi connectivity index (χ2v) is 8.78. The zero-order chi connectivity index (χ0) is 22.4. The van der Waals surface area contributed by atoms with Crippen LogP contribution in [0.2, 0.25) is 0 Å². The molecule has 31 heavy (non-hydrogen) atoms. The van der Waals surface area contributed by atoms with Crippen LogP contribution in [0, 0.1) is 0 Å². The second kappa shape index (κ2) is 9.97. The van der Waals surface area contributed by atoms with Gasteiger partial charge in [-0.2, -0.15) is 0 Å². The molecule has 1 aromatic carbocycles. The number of benzene rings is 1. The summed E-state index contributed by atoms with van der Waals surface area (Å²) in [7, 11) is -2.40. The van der Waals surface area contributed by atoms with Gasteiger partial charge in [-0.05, 0) is 32.0 Å². The van der Waals surface area contributed by atoms with E-state index in [1.165, 1.54) is 25.4 Å². The van der Waals surface area contributed by atoms with Gasteiger partial charge in [-0.25, -0.2) is 13.4 Å². The van der Waals surface area contributed by atoms with Gasteiger partial charge in [-0.1, -0.05) is 6.07 Å². The number of carbonyl (C=O) groups is 1. The summed E-state index contributed by atoms with van der Waals surface area (Å²) in [5.41, 5.74) is 0.619. The van der Waals surface area contributed by atoms with Crippen LogP contribution in [0.4, 0.5) is 11.5 Å². The number of sulfonamides is 1. The molecule has 0 unspecified atom stereocenters. The molecule has 10 heteroatoms. The van der Waals surface area contributed by atoms with Crippen molar-refractivity contribution in [2.24, 2.45) is 0 Å². The molecule has 0 aliphatic carbocycles. The first-order valence-electron chi connectivity index (χ1n) is 10.3. The van der Waals surface area contributed by atoms with Gasteiger partial charge in [0.2, 0.25) is 0 Å². The molecule has 0 bridgehead atoms. The number of nitrogens with one attached hydrogen (secondary N) is 2. The lowest BCUT2D eigenvalue weighted by Gasteiger charge is -2.31. The number of pyridine rings is 1. The third-order valence-electron chi connectivity index (χ3n) is 5.17. The number of carbonyl (C=O) groups excluding carboxylic acids is 1. The van der Waals surface area contributed by atoms with E-state index < -0.39 is 10.0 Å². The van der Waals surface area contributed by atoms with Gasteiger partial charge >= 0.3 is 0 Å². The summed E-state index contributed by atoms with van der Waals surface area (Å²) in [5.74, 6) is 0.837. The van der Waals surface area contributed by atoms with E-state index in [0.717, 1.165) is 26.2 Å². The molecule has 0 spiro atoms. The Morgan fingerprint density at radius 2 is 1.94 bits per heavy atom. The van der Waals surface area contributed by atoms with E-state index in [-0.39, 0.29) is 16.5 Å². The van der Waals surface area contributed by atoms with Crippen LogP contribution in [0.5, 0.6) is 5.75 Å². The highest BCUT2D eigenvalue weighted by atomic mass is 32.2. The van der Waals surface area contributed by atoms with Crippen molar-refractivity contribution in [1.82, 2.24) is 15.2 Å². The maximum Gasteiger partial charge on any atom is 0.262 e. The second-order valence-electron chi connectivity index (χ2n) is 7.09. The van der Waals surface area contributed by atoms with Gasteiger partial charge in [0.05, 0.1) is 29.5 Å². The average Bonchev–Trinajstić information content (AvgIpc) is 2.80. The first-order valence-corrected chi connectivity index (χ1v) is 11.8. The average molecular weight is 448 g/mol. The number of methoxy groups -OCH3 is 1. The molecule has 2 heterocycles. The Morgan fingerprint density at radius 1 is 1.23 bits per heavy atom. The number of hydrogen-bond acceptors (Lipinski definition) is 7.